The molecule has 31 heavy (non-hydrogen) atoms. The van der Waals surface area contributed by atoms with Crippen LogP contribution >= 0.6 is 0 Å². The number of hydrogen-bond acceptors (Lipinski definition) is 4. The van der Waals surface area contributed by atoms with Gasteiger partial charge in [-0.05, 0) is 46.2 Å². The van der Waals surface area contributed by atoms with Gasteiger partial charge < -0.3 is 8.83 Å². The largest absolute Gasteiger partial charge is 0.436 e. The van der Waals surface area contributed by atoms with Crippen LogP contribution in [0.25, 0.3) is 33.3 Å². The van der Waals surface area contributed by atoms with Crippen molar-refractivity contribution in [3.05, 3.63) is 71.5 Å². The normalized spacial score (nSPS) is 15.0. The predicted molar refractivity (Wildman–Crippen MR) is 126 cm³/mol. The van der Waals surface area contributed by atoms with Crippen LogP contribution in [0.5, 0.6) is 0 Å². The third-order valence-corrected chi connectivity index (χ3v) is 5.92. The molecule has 5 rings (SSSR count). The second kappa shape index (κ2) is 6.68. The number of fused-ring (bicyclic) bond motifs is 2. The van der Waals surface area contributed by atoms with E-state index in [-0.39, 0.29) is 10.8 Å². The molecule has 4 aromatic rings. The van der Waals surface area contributed by atoms with Crippen molar-refractivity contribution >= 4 is 33.3 Å². The van der Waals surface area contributed by atoms with E-state index < -0.39 is 0 Å². The summed E-state index contributed by atoms with van der Waals surface area (Å²) >= 11 is 0. The van der Waals surface area contributed by atoms with Crippen LogP contribution < -0.4 is 0 Å². The maximum absolute atomic E-state index is 6.05. The van der Waals surface area contributed by atoms with Gasteiger partial charge in [-0.2, -0.15) is 0 Å². The molecule has 1 aliphatic rings. The number of nitrogens with zero attached hydrogens (tertiary/aromatic N) is 2. The second-order valence-corrected chi connectivity index (χ2v) is 10.5. The summed E-state index contributed by atoms with van der Waals surface area (Å²) < 4.78 is 12.1. The zero-order valence-corrected chi connectivity index (χ0v) is 19.0. The number of hydrogen-bond donors (Lipinski definition) is 0. The Labute approximate surface area is 182 Å². The Morgan fingerprint density at radius 2 is 1.06 bits per heavy atom. The first kappa shape index (κ1) is 19.8. The zero-order chi connectivity index (χ0) is 22.0. The Morgan fingerprint density at radius 1 is 0.645 bits per heavy atom. The third-order valence-electron chi connectivity index (χ3n) is 5.92. The average Bonchev–Trinajstić information content (AvgIpc) is 3.41. The SMILES string of the molecule is CC(C)(C)c1ccc2oc(C3=CC=C(c4nc5cc(C(C)(C)C)ccc5o4)C3)nc2c1. The second-order valence-electron chi connectivity index (χ2n) is 10.5. The standard InChI is InChI=1S/C27H28N2O2/c1-26(2,3)18-9-11-22-20(14-18)28-24(30-22)16-7-8-17(13-16)25-29-21-15-19(27(4,5)6)10-12-23(21)31-25/h7-12,14-15H,13H2,1-6H3. The van der Waals surface area contributed by atoms with Gasteiger partial charge in [-0.15, -0.1) is 0 Å². The number of aromatic nitrogens is 2. The summed E-state index contributed by atoms with van der Waals surface area (Å²) in [5, 5.41) is 0. The Bertz CT molecular complexity index is 1260. The summed E-state index contributed by atoms with van der Waals surface area (Å²) in [4.78, 5) is 9.52. The van der Waals surface area contributed by atoms with Crippen LogP contribution in [0.3, 0.4) is 0 Å². The molecule has 2 aromatic carbocycles. The molecule has 158 valence electrons. The maximum Gasteiger partial charge on any atom is 0.223 e. The highest BCUT2D eigenvalue weighted by Gasteiger charge is 2.22. The van der Waals surface area contributed by atoms with Gasteiger partial charge >= 0.3 is 0 Å². The minimum absolute atomic E-state index is 0.0778. The van der Waals surface area contributed by atoms with E-state index in [9.17, 15) is 0 Å². The summed E-state index contributed by atoms with van der Waals surface area (Å²) in [6.45, 7) is 13.2. The molecule has 0 fully saturated rings. The molecule has 0 spiro atoms. The molecule has 4 nitrogen and oxygen atoms in total. The van der Waals surface area contributed by atoms with E-state index in [2.05, 4.69) is 78.0 Å². The van der Waals surface area contributed by atoms with Crippen LogP contribution in [-0.4, -0.2) is 9.97 Å². The van der Waals surface area contributed by atoms with E-state index in [0.717, 1.165) is 33.3 Å². The molecule has 2 aromatic heterocycles. The average molecular weight is 413 g/mol. The molecule has 0 unspecified atom stereocenters. The highest BCUT2D eigenvalue weighted by Crippen LogP contribution is 2.36. The lowest BCUT2D eigenvalue weighted by Gasteiger charge is -2.18. The molecule has 0 radical (unpaired) electrons. The van der Waals surface area contributed by atoms with E-state index >= 15 is 0 Å². The molecule has 4 heteroatoms. The van der Waals surface area contributed by atoms with E-state index in [0.29, 0.717) is 18.2 Å². The number of oxazole rings is 2. The van der Waals surface area contributed by atoms with Crippen LogP contribution in [0.1, 0.15) is 70.9 Å². The lowest BCUT2D eigenvalue weighted by atomic mass is 9.87. The fourth-order valence-electron chi connectivity index (χ4n) is 3.88. The van der Waals surface area contributed by atoms with Gasteiger partial charge in [-0.3, -0.25) is 0 Å². The molecule has 2 heterocycles. The number of allylic oxidation sites excluding steroid dienone is 4. The Hall–Kier alpha value is -3.14. The van der Waals surface area contributed by atoms with Gasteiger partial charge in [0, 0.05) is 17.6 Å². The topological polar surface area (TPSA) is 52.1 Å². The summed E-state index contributed by atoms with van der Waals surface area (Å²) in [6.07, 6.45) is 4.80. The van der Waals surface area contributed by atoms with Crippen LogP contribution in [0.2, 0.25) is 0 Å². The van der Waals surface area contributed by atoms with E-state index in [4.69, 9.17) is 18.8 Å². The molecular weight excluding hydrogens is 384 g/mol. The molecule has 0 bridgehead atoms. The van der Waals surface area contributed by atoms with Crippen molar-refractivity contribution in [3.63, 3.8) is 0 Å². The van der Waals surface area contributed by atoms with Crippen LogP contribution in [-0.2, 0) is 10.8 Å². The fourth-order valence-corrected chi connectivity index (χ4v) is 3.88. The molecular formula is C27H28N2O2. The Kier molecular flexibility index (Phi) is 4.27. The maximum atomic E-state index is 6.05. The molecule has 0 aliphatic heterocycles. The van der Waals surface area contributed by atoms with Crippen molar-refractivity contribution in [2.75, 3.05) is 0 Å². The molecule has 1 aliphatic carbocycles. The fraction of sp³-hybridized carbons (Fsp3) is 0.333. The summed E-state index contributed by atoms with van der Waals surface area (Å²) in [7, 11) is 0. The lowest BCUT2D eigenvalue weighted by molar-refractivity contribution is 0.576. The molecule has 0 amide bonds. The molecule has 0 atom stereocenters. The predicted octanol–water partition coefficient (Wildman–Crippen LogP) is 7.43. The monoisotopic (exact) mass is 412 g/mol. The lowest BCUT2D eigenvalue weighted by Crippen LogP contribution is -2.10. The Balaban J connectivity index is 1.40. The third kappa shape index (κ3) is 3.60. The number of benzene rings is 2. The highest BCUT2D eigenvalue weighted by atomic mass is 16.4. The van der Waals surface area contributed by atoms with Gasteiger partial charge in [0.05, 0.1) is 0 Å². The van der Waals surface area contributed by atoms with Crippen molar-refractivity contribution in [2.45, 2.75) is 58.8 Å². The first-order chi connectivity index (χ1) is 14.6. The molecule has 0 N–H and O–H groups in total. The van der Waals surface area contributed by atoms with E-state index in [1.165, 1.54) is 11.1 Å². The summed E-state index contributed by atoms with van der Waals surface area (Å²) in [5.41, 5.74) is 8.16. The molecule has 0 saturated carbocycles. The smallest absolute Gasteiger partial charge is 0.223 e. The minimum atomic E-state index is 0.0778. The highest BCUT2D eigenvalue weighted by molar-refractivity contribution is 5.86. The van der Waals surface area contributed by atoms with Crippen molar-refractivity contribution in [2.24, 2.45) is 0 Å². The first-order valence-electron chi connectivity index (χ1n) is 10.8. The van der Waals surface area contributed by atoms with Crippen LogP contribution in [0.15, 0.2) is 57.4 Å². The minimum Gasteiger partial charge on any atom is -0.436 e. The first-order valence-corrected chi connectivity index (χ1v) is 10.8. The van der Waals surface area contributed by atoms with Crippen LogP contribution in [0, 0.1) is 0 Å². The van der Waals surface area contributed by atoms with Crippen molar-refractivity contribution in [3.8, 4) is 0 Å². The van der Waals surface area contributed by atoms with Crippen molar-refractivity contribution < 1.29 is 8.83 Å². The van der Waals surface area contributed by atoms with Crippen LogP contribution in [0.4, 0.5) is 0 Å². The van der Waals surface area contributed by atoms with Gasteiger partial charge in [0.25, 0.3) is 0 Å². The van der Waals surface area contributed by atoms with Crippen molar-refractivity contribution in [1.29, 1.82) is 0 Å². The van der Waals surface area contributed by atoms with Gasteiger partial charge in [0.2, 0.25) is 11.8 Å². The summed E-state index contributed by atoms with van der Waals surface area (Å²) in [5.74, 6) is 1.33. The van der Waals surface area contributed by atoms with Gasteiger partial charge in [-0.25, -0.2) is 9.97 Å². The Morgan fingerprint density at radius 3 is 1.45 bits per heavy atom. The number of rotatable bonds is 2. The summed E-state index contributed by atoms with van der Waals surface area (Å²) in [6, 6.07) is 12.5. The van der Waals surface area contributed by atoms with E-state index in [1.54, 1.807) is 0 Å². The van der Waals surface area contributed by atoms with Crippen molar-refractivity contribution in [1.82, 2.24) is 9.97 Å². The molecule has 0 saturated heterocycles. The van der Waals surface area contributed by atoms with E-state index in [1.807, 2.05) is 12.1 Å². The zero-order valence-electron chi connectivity index (χ0n) is 19.0. The van der Waals surface area contributed by atoms with Gasteiger partial charge in [0.15, 0.2) is 11.2 Å². The van der Waals surface area contributed by atoms with Gasteiger partial charge in [0.1, 0.15) is 11.0 Å². The van der Waals surface area contributed by atoms with Gasteiger partial charge in [-0.1, -0.05) is 65.8 Å². The quantitative estimate of drug-likeness (QED) is 0.343.